The van der Waals surface area contributed by atoms with Gasteiger partial charge in [0.2, 0.25) is 5.91 Å². The quantitative estimate of drug-likeness (QED) is 0.717. The molecule has 4 aliphatic carbocycles. The molecule has 146 valence electrons. The predicted molar refractivity (Wildman–Crippen MR) is 100 cm³/mol. The van der Waals surface area contributed by atoms with Crippen molar-refractivity contribution in [1.29, 1.82) is 0 Å². The van der Waals surface area contributed by atoms with Crippen molar-refractivity contribution < 1.29 is 14.0 Å². The van der Waals surface area contributed by atoms with Gasteiger partial charge in [0.05, 0.1) is 0 Å². The number of halogens is 1. The minimum Gasteiger partial charge on any atom is -0.352 e. The third-order valence-electron chi connectivity index (χ3n) is 6.49. The van der Waals surface area contributed by atoms with Crippen LogP contribution in [0.15, 0.2) is 24.3 Å². The average Bonchev–Trinajstić information content (AvgIpc) is 2.59. The van der Waals surface area contributed by atoms with Gasteiger partial charge < -0.3 is 16.0 Å². The molecule has 27 heavy (non-hydrogen) atoms. The Hall–Kier alpha value is -2.11. The Morgan fingerprint density at radius 2 is 1.63 bits per heavy atom. The summed E-state index contributed by atoms with van der Waals surface area (Å²) >= 11 is 0. The molecule has 4 saturated carbocycles. The van der Waals surface area contributed by atoms with Gasteiger partial charge in [0, 0.05) is 30.6 Å². The van der Waals surface area contributed by atoms with Gasteiger partial charge in [-0.25, -0.2) is 9.18 Å². The molecular formula is C21H28FN3O2. The maximum atomic E-state index is 13.5. The number of urea groups is 1. The van der Waals surface area contributed by atoms with Crippen LogP contribution in [0.1, 0.15) is 50.5 Å². The second-order valence-electron chi connectivity index (χ2n) is 8.70. The Labute approximate surface area is 159 Å². The van der Waals surface area contributed by atoms with E-state index >= 15 is 0 Å². The number of amides is 3. The standard InChI is InChI=1S/C21H28FN3O2/c22-18-4-2-1-3-17(18)13-24-19(26)5-6-23-20(27)25-21-10-14-7-15(11-21)9-16(8-14)12-21/h1-4,14-16H,5-13H2,(H,24,26)(H2,23,25,27). The van der Waals surface area contributed by atoms with E-state index in [0.29, 0.717) is 5.56 Å². The maximum absolute atomic E-state index is 13.5. The highest BCUT2D eigenvalue weighted by atomic mass is 19.1. The number of hydrogen-bond acceptors (Lipinski definition) is 2. The Bertz CT molecular complexity index is 686. The van der Waals surface area contributed by atoms with E-state index in [2.05, 4.69) is 16.0 Å². The van der Waals surface area contributed by atoms with E-state index in [4.69, 9.17) is 0 Å². The molecule has 1 aromatic rings. The lowest BCUT2D eigenvalue weighted by atomic mass is 9.53. The zero-order valence-corrected chi connectivity index (χ0v) is 15.6. The lowest BCUT2D eigenvalue weighted by Gasteiger charge is -2.56. The van der Waals surface area contributed by atoms with Crippen LogP contribution < -0.4 is 16.0 Å². The minimum absolute atomic E-state index is 0.0219. The number of benzene rings is 1. The van der Waals surface area contributed by atoms with Gasteiger partial charge in [-0.05, 0) is 62.3 Å². The molecule has 0 radical (unpaired) electrons. The fourth-order valence-electron chi connectivity index (χ4n) is 5.76. The van der Waals surface area contributed by atoms with Crippen molar-refractivity contribution in [2.45, 2.75) is 57.0 Å². The van der Waals surface area contributed by atoms with Crippen molar-refractivity contribution in [3.8, 4) is 0 Å². The first-order valence-electron chi connectivity index (χ1n) is 10.1. The van der Waals surface area contributed by atoms with Crippen molar-refractivity contribution in [2.75, 3.05) is 6.54 Å². The summed E-state index contributed by atoms with van der Waals surface area (Å²) in [7, 11) is 0. The number of hydrogen-bond donors (Lipinski definition) is 3. The first kappa shape index (κ1) is 18.3. The van der Waals surface area contributed by atoms with E-state index in [9.17, 15) is 14.0 Å². The smallest absolute Gasteiger partial charge is 0.315 e. The highest BCUT2D eigenvalue weighted by Crippen LogP contribution is 2.55. The van der Waals surface area contributed by atoms with E-state index in [0.717, 1.165) is 37.0 Å². The monoisotopic (exact) mass is 373 g/mol. The molecule has 4 aliphatic rings. The lowest BCUT2D eigenvalue weighted by Crippen LogP contribution is -2.61. The van der Waals surface area contributed by atoms with Crippen LogP contribution in [0.3, 0.4) is 0 Å². The van der Waals surface area contributed by atoms with Gasteiger partial charge in [-0.1, -0.05) is 18.2 Å². The van der Waals surface area contributed by atoms with Crippen LogP contribution in [0.25, 0.3) is 0 Å². The summed E-state index contributed by atoms with van der Waals surface area (Å²) in [5.41, 5.74) is 0.435. The van der Waals surface area contributed by atoms with Crippen molar-refractivity contribution in [2.24, 2.45) is 17.8 Å². The molecule has 0 heterocycles. The Balaban J connectivity index is 1.18. The van der Waals surface area contributed by atoms with Gasteiger partial charge in [0.15, 0.2) is 0 Å². The van der Waals surface area contributed by atoms with Crippen LogP contribution in [0, 0.1) is 23.6 Å². The first-order chi connectivity index (χ1) is 13.0. The second kappa shape index (κ2) is 7.49. The van der Waals surface area contributed by atoms with Gasteiger partial charge >= 0.3 is 6.03 Å². The van der Waals surface area contributed by atoms with E-state index in [1.54, 1.807) is 18.2 Å². The van der Waals surface area contributed by atoms with Gasteiger partial charge in [-0.15, -0.1) is 0 Å². The average molecular weight is 373 g/mol. The van der Waals surface area contributed by atoms with Gasteiger partial charge in [-0.3, -0.25) is 4.79 Å². The summed E-state index contributed by atoms with van der Waals surface area (Å²) in [5.74, 6) is 1.81. The fraction of sp³-hybridized carbons (Fsp3) is 0.619. The number of rotatable bonds is 6. The summed E-state index contributed by atoms with van der Waals surface area (Å²) < 4.78 is 13.5. The largest absolute Gasteiger partial charge is 0.352 e. The van der Waals surface area contributed by atoms with Crippen molar-refractivity contribution in [1.82, 2.24) is 16.0 Å². The number of carbonyl (C=O) groups is 2. The van der Waals surface area contributed by atoms with Crippen LogP contribution >= 0.6 is 0 Å². The van der Waals surface area contributed by atoms with Crippen LogP contribution in [0.5, 0.6) is 0 Å². The molecule has 0 aromatic heterocycles. The molecule has 3 amide bonds. The molecule has 1 aromatic carbocycles. The molecule has 0 unspecified atom stereocenters. The molecular weight excluding hydrogens is 345 g/mol. The Morgan fingerprint density at radius 1 is 1.00 bits per heavy atom. The zero-order chi connectivity index (χ0) is 18.9. The van der Waals surface area contributed by atoms with Crippen molar-refractivity contribution >= 4 is 11.9 Å². The van der Waals surface area contributed by atoms with E-state index < -0.39 is 0 Å². The minimum atomic E-state index is -0.328. The fourth-order valence-corrected chi connectivity index (χ4v) is 5.76. The molecule has 4 fully saturated rings. The second-order valence-corrected chi connectivity index (χ2v) is 8.70. The number of nitrogens with one attached hydrogen (secondary N) is 3. The maximum Gasteiger partial charge on any atom is 0.315 e. The lowest BCUT2D eigenvalue weighted by molar-refractivity contribution is -0.121. The summed E-state index contributed by atoms with van der Waals surface area (Å²) in [5, 5.41) is 8.73. The zero-order valence-electron chi connectivity index (χ0n) is 15.6. The van der Waals surface area contributed by atoms with E-state index in [1.807, 2.05) is 0 Å². The van der Waals surface area contributed by atoms with Crippen LogP contribution in [-0.4, -0.2) is 24.0 Å². The molecule has 0 saturated heterocycles. The molecule has 3 N–H and O–H groups in total. The highest BCUT2D eigenvalue weighted by Gasteiger charge is 2.51. The topological polar surface area (TPSA) is 70.2 Å². The third kappa shape index (κ3) is 4.25. The summed E-state index contributed by atoms with van der Waals surface area (Å²) in [6.07, 6.45) is 7.52. The van der Waals surface area contributed by atoms with Gasteiger partial charge in [-0.2, -0.15) is 0 Å². The van der Waals surface area contributed by atoms with Crippen LogP contribution in [0.4, 0.5) is 9.18 Å². The number of carbonyl (C=O) groups excluding carboxylic acids is 2. The van der Waals surface area contributed by atoms with Gasteiger partial charge in [0.1, 0.15) is 5.82 Å². The summed E-state index contributed by atoms with van der Waals surface area (Å²) in [4.78, 5) is 24.2. The normalized spacial score (nSPS) is 30.8. The molecule has 0 atom stereocenters. The molecule has 4 bridgehead atoms. The Kier molecular flexibility index (Phi) is 5.06. The summed E-state index contributed by atoms with van der Waals surface area (Å²) in [6, 6.07) is 6.21. The van der Waals surface area contributed by atoms with E-state index in [-0.39, 0.29) is 42.8 Å². The molecule has 0 spiro atoms. The van der Waals surface area contributed by atoms with Crippen molar-refractivity contribution in [3.63, 3.8) is 0 Å². The van der Waals surface area contributed by atoms with Crippen molar-refractivity contribution in [3.05, 3.63) is 35.6 Å². The third-order valence-corrected chi connectivity index (χ3v) is 6.49. The molecule has 5 nitrogen and oxygen atoms in total. The summed E-state index contributed by atoms with van der Waals surface area (Å²) in [6.45, 7) is 0.437. The Morgan fingerprint density at radius 3 is 2.26 bits per heavy atom. The highest BCUT2D eigenvalue weighted by molar-refractivity contribution is 5.78. The van der Waals surface area contributed by atoms with E-state index in [1.165, 1.54) is 25.3 Å². The molecule has 6 heteroatoms. The van der Waals surface area contributed by atoms with Gasteiger partial charge in [0.25, 0.3) is 0 Å². The van der Waals surface area contributed by atoms with Crippen LogP contribution in [-0.2, 0) is 11.3 Å². The predicted octanol–water partition coefficient (Wildman–Crippen LogP) is 3.10. The molecule has 0 aliphatic heterocycles. The first-order valence-corrected chi connectivity index (χ1v) is 10.1. The molecule has 5 rings (SSSR count). The SMILES string of the molecule is O=C(CCNC(=O)NC12CC3CC(CC(C3)C1)C2)NCc1ccccc1F. The van der Waals surface area contributed by atoms with Crippen LogP contribution in [0.2, 0.25) is 0 Å².